The first-order valence-corrected chi connectivity index (χ1v) is 11.7. The van der Waals surface area contributed by atoms with Gasteiger partial charge in [0.1, 0.15) is 5.75 Å². The molecule has 0 bridgehead atoms. The molecule has 0 aliphatic rings. The minimum absolute atomic E-state index is 0.152. The maximum atomic E-state index is 13.6. The highest BCUT2D eigenvalue weighted by Gasteiger charge is 2.17. The minimum Gasteiger partial charge on any atom is -0.453 e. The molecule has 1 heterocycles. The standard InChI is InChI=1S/C27H26ClN5O3/c1-32(2)16-15-29-26(34)19-9-8-10-20(17-19)31-25-24(36-21-11-4-3-5-12-21)18-30-33(27(25)35)23-14-7-6-13-22(23)28/h3-14,17-18,31H,15-16H2,1-2H3,(H,29,34). The topological polar surface area (TPSA) is 88.5 Å². The van der Waals surface area contributed by atoms with Crippen molar-refractivity contribution < 1.29 is 9.53 Å². The summed E-state index contributed by atoms with van der Waals surface area (Å²) in [4.78, 5) is 28.2. The number of anilines is 2. The summed E-state index contributed by atoms with van der Waals surface area (Å²) >= 11 is 6.33. The lowest BCUT2D eigenvalue weighted by Crippen LogP contribution is -2.31. The lowest BCUT2D eigenvalue weighted by atomic mass is 10.2. The number of ether oxygens (including phenoxy) is 1. The van der Waals surface area contributed by atoms with Crippen LogP contribution in [0.15, 0.2) is 89.9 Å². The lowest BCUT2D eigenvalue weighted by Gasteiger charge is -2.15. The van der Waals surface area contributed by atoms with Gasteiger partial charge < -0.3 is 20.3 Å². The summed E-state index contributed by atoms with van der Waals surface area (Å²) in [5, 5.41) is 10.7. The molecule has 0 fully saturated rings. The van der Waals surface area contributed by atoms with E-state index < -0.39 is 5.56 Å². The zero-order valence-electron chi connectivity index (χ0n) is 19.9. The van der Waals surface area contributed by atoms with Crippen molar-refractivity contribution in [1.29, 1.82) is 0 Å². The summed E-state index contributed by atoms with van der Waals surface area (Å²) in [6.45, 7) is 1.24. The SMILES string of the molecule is CN(C)CCNC(=O)c1cccc(Nc2c(Oc3ccccc3)cnn(-c3ccccc3Cl)c2=O)c1. The van der Waals surface area contributed by atoms with Crippen LogP contribution in [0.3, 0.4) is 0 Å². The van der Waals surface area contributed by atoms with Gasteiger partial charge >= 0.3 is 0 Å². The normalized spacial score (nSPS) is 10.8. The van der Waals surface area contributed by atoms with Gasteiger partial charge in [0, 0.05) is 24.3 Å². The Morgan fingerprint density at radius 3 is 2.53 bits per heavy atom. The van der Waals surface area contributed by atoms with Crippen LogP contribution >= 0.6 is 11.6 Å². The van der Waals surface area contributed by atoms with Crippen molar-refractivity contribution in [3.63, 3.8) is 0 Å². The van der Waals surface area contributed by atoms with Crippen molar-refractivity contribution in [3.8, 4) is 17.2 Å². The smallest absolute Gasteiger partial charge is 0.299 e. The monoisotopic (exact) mass is 503 g/mol. The summed E-state index contributed by atoms with van der Waals surface area (Å²) in [5.41, 5.74) is 1.13. The Bertz CT molecular complexity index is 1410. The van der Waals surface area contributed by atoms with Gasteiger partial charge in [-0.05, 0) is 56.6 Å². The molecular weight excluding hydrogens is 478 g/mol. The number of hydrogen-bond donors (Lipinski definition) is 2. The molecule has 0 aliphatic heterocycles. The molecule has 1 aromatic heterocycles. The lowest BCUT2D eigenvalue weighted by molar-refractivity contribution is 0.0951. The number of nitrogens with one attached hydrogen (secondary N) is 2. The zero-order valence-corrected chi connectivity index (χ0v) is 20.7. The van der Waals surface area contributed by atoms with Crippen molar-refractivity contribution in [2.24, 2.45) is 0 Å². The van der Waals surface area contributed by atoms with E-state index in [2.05, 4.69) is 15.7 Å². The van der Waals surface area contributed by atoms with Gasteiger partial charge in [0.25, 0.3) is 11.5 Å². The van der Waals surface area contributed by atoms with Crippen LogP contribution in [0.1, 0.15) is 10.4 Å². The van der Waals surface area contributed by atoms with E-state index in [-0.39, 0.29) is 17.3 Å². The van der Waals surface area contributed by atoms with Crippen LogP contribution in [-0.4, -0.2) is 47.8 Å². The molecule has 0 atom stereocenters. The molecule has 0 saturated carbocycles. The molecule has 1 amide bonds. The van der Waals surface area contributed by atoms with Crippen molar-refractivity contribution >= 4 is 28.9 Å². The van der Waals surface area contributed by atoms with Gasteiger partial charge in [-0.2, -0.15) is 9.78 Å². The fourth-order valence-electron chi connectivity index (χ4n) is 3.42. The summed E-state index contributed by atoms with van der Waals surface area (Å²) < 4.78 is 7.19. The van der Waals surface area contributed by atoms with Gasteiger partial charge in [0.05, 0.1) is 16.9 Å². The van der Waals surface area contributed by atoms with Crippen LogP contribution in [-0.2, 0) is 0 Å². The highest BCUT2D eigenvalue weighted by molar-refractivity contribution is 6.32. The van der Waals surface area contributed by atoms with Crippen LogP contribution in [0, 0.1) is 0 Å². The summed E-state index contributed by atoms with van der Waals surface area (Å²) in [5.74, 6) is 0.575. The van der Waals surface area contributed by atoms with Crippen molar-refractivity contribution in [1.82, 2.24) is 20.0 Å². The number of amides is 1. The number of nitrogens with zero attached hydrogens (tertiary/aromatic N) is 3. The Kier molecular flexibility index (Phi) is 7.99. The molecule has 2 N–H and O–H groups in total. The maximum Gasteiger partial charge on any atom is 0.299 e. The number of para-hydroxylation sites is 2. The van der Waals surface area contributed by atoms with Crippen LogP contribution < -0.4 is 20.9 Å². The van der Waals surface area contributed by atoms with Crippen molar-refractivity contribution in [2.45, 2.75) is 0 Å². The van der Waals surface area contributed by atoms with Gasteiger partial charge in [0.15, 0.2) is 11.4 Å². The predicted octanol–water partition coefficient (Wildman–Crippen LogP) is 4.71. The summed E-state index contributed by atoms with van der Waals surface area (Å²) in [6.07, 6.45) is 1.46. The third kappa shape index (κ3) is 6.10. The first kappa shape index (κ1) is 25.0. The second-order valence-corrected chi connectivity index (χ2v) is 8.64. The van der Waals surface area contributed by atoms with Gasteiger partial charge in [-0.15, -0.1) is 0 Å². The Balaban J connectivity index is 1.70. The van der Waals surface area contributed by atoms with E-state index in [1.54, 1.807) is 60.7 Å². The van der Waals surface area contributed by atoms with E-state index in [9.17, 15) is 9.59 Å². The number of benzene rings is 3. The van der Waals surface area contributed by atoms with Crippen LogP contribution in [0.2, 0.25) is 5.02 Å². The van der Waals surface area contributed by atoms with Crippen LogP contribution in [0.25, 0.3) is 5.69 Å². The molecule has 8 nitrogen and oxygen atoms in total. The highest BCUT2D eigenvalue weighted by atomic mass is 35.5. The number of likely N-dealkylation sites (N-methyl/N-ethyl adjacent to an activating group) is 1. The number of aromatic nitrogens is 2. The molecule has 4 rings (SSSR count). The Morgan fingerprint density at radius 2 is 1.78 bits per heavy atom. The van der Waals surface area contributed by atoms with Gasteiger partial charge in [-0.25, -0.2) is 0 Å². The molecule has 9 heteroatoms. The quantitative estimate of drug-likeness (QED) is 0.344. The molecule has 0 radical (unpaired) electrons. The Labute approximate surface area is 214 Å². The molecule has 4 aromatic rings. The van der Waals surface area contributed by atoms with Gasteiger partial charge in [-0.1, -0.05) is 48.0 Å². The number of carbonyl (C=O) groups excluding carboxylic acids is 1. The fraction of sp³-hybridized carbons (Fsp3) is 0.148. The predicted molar refractivity (Wildman–Crippen MR) is 142 cm³/mol. The third-order valence-corrected chi connectivity index (χ3v) is 5.55. The zero-order chi connectivity index (χ0) is 25.5. The van der Waals surface area contributed by atoms with E-state index in [1.807, 2.05) is 37.2 Å². The molecule has 0 unspecified atom stereocenters. The Hall–Kier alpha value is -4.14. The van der Waals surface area contributed by atoms with E-state index in [0.29, 0.717) is 34.3 Å². The second-order valence-electron chi connectivity index (χ2n) is 8.23. The average molecular weight is 504 g/mol. The van der Waals surface area contributed by atoms with Gasteiger partial charge in [-0.3, -0.25) is 9.59 Å². The highest BCUT2D eigenvalue weighted by Crippen LogP contribution is 2.29. The van der Waals surface area contributed by atoms with Crippen molar-refractivity contribution in [2.75, 3.05) is 32.5 Å². The van der Waals surface area contributed by atoms with E-state index in [4.69, 9.17) is 16.3 Å². The number of rotatable bonds is 9. The molecule has 0 saturated heterocycles. The first-order valence-electron chi connectivity index (χ1n) is 11.3. The van der Waals surface area contributed by atoms with E-state index >= 15 is 0 Å². The maximum absolute atomic E-state index is 13.6. The largest absolute Gasteiger partial charge is 0.453 e. The molecule has 3 aromatic carbocycles. The molecule has 0 aliphatic carbocycles. The van der Waals surface area contributed by atoms with E-state index in [1.165, 1.54) is 10.9 Å². The number of hydrogen-bond acceptors (Lipinski definition) is 6. The van der Waals surface area contributed by atoms with Gasteiger partial charge in [0.2, 0.25) is 0 Å². The first-order chi connectivity index (χ1) is 17.4. The average Bonchev–Trinajstić information content (AvgIpc) is 2.87. The number of halogens is 1. The molecular formula is C27H26ClN5O3. The number of carbonyl (C=O) groups is 1. The third-order valence-electron chi connectivity index (χ3n) is 5.23. The second kappa shape index (κ2) is 11.5. The van der Waals surface area contributed by atoms with Crippen molar-refractivity contribution in [3.05, 3.63) is 106 Å². The minimum atomic E-state index is -0.461. The Morgan fingerprint density at radius 1 is 1.03 bits per heavy atom. The molecule has 0 spiro atoms. The van der Waals surface area contributed by atoms with E-state index in [0.717, 1.165) is 6.54 Å². The molecule has 184 valence electrons. The van der Waals surface area contributed by atoms with Crippen LogP contribution in [0.4, 0.5) is 11.4 Å². The fourth-order valence-corrected chi connectivity index (χ4v) is 3.63. The molecule has 36 heavy (non-hydrogen) atoms. The van der Waals surface area contributed by atoms with Crippen LogP contribution in [0.5, 0.6) is 11.5 Å². The summed E-state index contributed by atoms with van der Waals surface area (Å²) in [7, 11) is 3.88. The summed E-state index contributed by atoms with van der Waals surface area (Å²) in [6, 6.07) is 22.9.